The summed E-state index contributed by atoms with van der Waals surface area (Å²) in [7, 11) is 0. The van der Waals surface area contributed by atoms with Crippen LogP contribution in [0.4, 0.5) is 0 Å². The summed E-state index contributed by atoms with van der Waals surface area (Å²) in [5, 5.41) is 17.4. The van der Waals surface area contributed by atoms with Crippen molar-refractivity contribution in [1.29, 1.82) is 10.5 Å². The number of carbonyl (C=O) groups is 1. The molecule has 0 N–H and O–H groups in total. The average molecular weight is 241 g/mol. The molecule has 4 heteroatoms. The molecule has 0 bridgehead atoms. The molecule has 0 heterocycles. The van der Waals surface area contributed by atoms with E-state index in [0.29, 0.717) is 24.1 Å². The normalized spacial score (nSPS) is 9.61. The second kappa shape index (κ2) is 6.42. The summed E-state index contributed by atoms with van der Waals surface area (Å²) in [6.45, 7) is 4.22. The number of nitriles is 2. The number of amides is 1. The molecule has 92 valence electrons. The minimum Gasteiger partial charge on any atom is -0.335 e. The summed E-state index contributed by atoms with van der Waals surface area (Å²) < 4.78 is 0. The first-order chi connectivity index (χ1) is 8.60. The van der Waals surface area contributed by atoms with E-state index in [0.717, 1.165) is 0 Å². The molecule has 4 nitrogen and oxygen atoms in total. The minimum absolute atomic E-state index is 0.0246. The lowest BCUT2D eigenvalue weighted by atomic mass is 10.1. The first kappa shape index (κ1) is 13.7. The van der Waals surface area contributed by atoms with E-state index in [1.807, 2.05) is 26.0 Å². The summed E-state index contributed by atoms with van der Waals surface area (Å²) in [5.41, 5.74) is 0.950. The van der Waals surface area contributed by atoms with Crippen LogP contribution >= 0.6 is 0 Å². The van der Waals surface area contributed by atoms with Crippen LogP contribution in [0.1, 0.15) is 36.2 Å². The summed E-state index contributed by atoms with van der Waals surface area (Å²) >= 11 is 0. The number of hydrogen-bond acceptors (Lipinski definition) is 3. The Morgan fingerprint density at radius 2 is 2.11 bits per heavy atom. The lowest BCUT2D eigenvalue weighted by molar-refractivity contribution is 0.0710. The smallest absolute Gasteiger partial charge is 0.254 e. The van der Waals surface area contributed by atoms with Gasteiger partial charge in [0.1, 0.15) is 0 Å². The van der Waals surface area contributed by atoms with E-state index in [-0.39, 0.29) is 11.9 Å². The van der Waals surface area contributed by atoms with Gasteiger partial charge in [-0.25, -0.2) is 0 Å². The zero-order valence-electron chi connectivity index (χ0n) is 10.6. The van der Waals surface area contributed by atoms with Gasteiger partial charge >= 0.3 is 0 Å². The predicted molar refractivity (Wildman–Crippen MR) is 67.6 cm³/mol. The minimum atomic E-state index is -0.141. The van der Waals surface area contributed by atoms with Crippen LogP contribution in [0.15, 0.2) is 24.3 Å². The molecule has 0 aliphatic rings. The summed E-state index contributed by atoms with van der Waals surface area (Å²) in [6, 6.07) is 10.7. The van der Waals surface area contributed by atoms with Gasteiger partial charge in [-0.05, 0) is 32.0 Å². The van der Waals surface area contributed by atoms with Crippen LogP contribution in [0.25, 0.3) is 0 Å². The van der Waals surface area contributed by atoms with Crippen LogP contribution in [-0.2, 0) is 0 Å². The van der Waals surface area contributed by atoms with E-state index in [1.165, 1.54) is 0 Å². The van der Waals surface area contributed by atoms with Crippen molar-refractivity contribution in [2.75, 3.05) is 6.54 Å². The fraction of sp³-hybridized carbons (Fsp3) is 0.357. The lowest BCUT2D eigenvalue weighted by Gasteiger charge is -2.25. The van der Waals surface area contributed by atoms with Crippen molar-refractivity contribution < 1.29 is 4.79 Å². The van der Waals surface area contributed by atoms with Crippen molar-refractivity contribution in [1.82, 2.24) is 4.90 Å². The summed E-state index contributed by atoms with van der Waals surface area (Å²) in [5.74, 6) is -0.141. The monoisotopic (exact) mass is 241 g/mol. The van der Waals surface area contributed by atoms with Gasteiger partial charge in [0.25, 0.3) is 5.91 Å². The Kier molecular flexibility index (Phi) is 4.90. The van der Waals surface area contributed by atoms with Crippen molar-refractivity contribution in [3.8, 4) is 12.1 Å². The van der Waals surface area contributed by atoms with Crippen molar-refractivity contribution in [3.05, 3.63) is 35.4 Å². The Morgan fingerprint density at radius 3 is 2.67 bits per heavy atom. The quantitative estimate of drug-likeness (QED) is 0.812. The predicted octanol–water partition coefficient (Wildman–Crippen LogP) is 2.32. The van der Waals surface area contributed by atoms with Crippen molar-refractivity contribution in [2.24, 2.45) is 0 Å². The Morgan fingerprint density at radius 1 is 1.39 bits per heavy atom. The topological polar surface area (TPSA) is 67.9 Å². The molecule has 1 rings (SSSR count). The zero-order chi connectivity index (χ0) is 13.5. The maximum atomic E-state index is 12.3. The highest BCUT2D eigenvalue weighted by molar-refractivity contribution is 5.94. The maximum Gasteiger partial charge on any atom is 0.254 e. The van der Waals surface area contributed by atoms with Crippen LogP contribution < -0.4 is 0 Å². The van der Waals surface area contributed by atoms with E-state index in [9.17, 15) is 4.79 Å². The van der Waals surface area contributed by atoms with Gasteiger partial charge in [-0.1, -0.05) is 6.07 Å². The third-order valence-electron chi connectivity index (χ3n) is 2.59. The van der Waals surface area contributed by atoms with Crippen LogP contribution in [0, 0.1) is 22.7 Å². The Labute approximate surface area is 107 Å². The molecular formula is C14H15N3O. The van der Waals surface area contributed by atoms with E-state index < -0.39 is 0 Å². The molecule has 0 saturated heterocycles. The second-order valence-corrected chi connectivity index (χ2v) is 4.19. The van der Waals surface area contributed by atoms with Crippen molar-refractivity contribution in [2.45, 2.75) is 26.3 Å². The number of benzene rings is 1. The van der Waals surface area contributed by atoms with Gasteiger partial charge in [0, 0.05) is 18.2 Å². The largest absolute Gasteiger partial charge is 0.335 e. The van der Waals surface area contributed by atoms with Gasteiger partial charge < -0.3 is 4.90 Å². The van der Waals surface area contributed by atoms with Crippen LogP contribution in [0.3, 0.4) is 0 Å². The Hall–Kier alpha value is -2.33. The number of nitrogens with zero attached hydrogens (tertiary/aromatic N) is 3. The van der Waals surface area contributed by atoms with Crippen LogP contribution in [0.2, 0.25) is 0 Å². The fourth-order valence-corrected chi connectivity index (χ4v) is 1.65. The molecular weight excluding hydrogens is 226 g/mol. The zero-order valence-corrected chi connectivity index (χ0v) is 10.6. The molecule has 1 aromatic rings. The molecule has 1 amide bonds. The number of rotatable bonds is 4. The van der Waals surface area contributed by atoms with Gasteiger partial charge in [0.2, 0.25) is 0 Å². The van der Waals surface area contributed by atoms with Gasteiger partial charge in [-0.15, -0.1) is 0 Å². The van der Waals surface area contributed by atoms with E-state index >= 15 is 0 Å². The molecule has 0 aliphatic carbocycles. The summed E-state index contributed by atoms with van der Waals surface area (Å²) in [4.78, 5) is 13.9. The molecule has 18 heavy (non-hydrogen) atoms. The molecule has 0 unspecified atom stereocenters. The third kappa shape index (κ3) is 3.33. The second-order valence-electron chi connectivity index (χ2n) is 4.19. The number of carbonyl (C=O) groups excluding carboxylic acids is 1. The van der Waals surface area contributed by atoms with Crippen LogP contribution in [0.5, 0.6) is 0 Å². The van der Waals surface area contributed by atoms with Crippen molar-refractivity contribution >= 4 is 5.91 Å². The molecule has 0 fully saturated rings. The van der Waals surface area contributed by atoms with Gasteiger partial charge in [0.15, 0.2) is 0 Å². The first-order valence-corrected chi connectivity index (χ1v) is 5.78. The highest BCUT2D eigenvalue weighted by Crippen LogP contribution is 2.11. The molecule has 0 radical (unpaired) electrons. The highest BCUT2D eigenvalue weighted by atomic mass is 16.2. The van der Waals surface area contributed by atoms with Gasteiger partial charge in [-0.2, -0.15) is 10.5 Å². The van der Waals surface area contributed by atoms with E-state index in [2.05, 4.69) is 0 Å². The number of hydrogen-bond donors (Lipinski definition) is 0. The Balaban J connectivity index is 2.95. The maximum absolute atomic E-state index is 12.3. The van der Waals surface area contributed by atoms with Gasteiger partial charge in [0.05, 0.1) is 24.1 Å². The molecule has 0 saturated carbocycles. The average Bonchev–Trinajstić information content (AvgIpc) is 2.38. The van der Waals surface area contributed by atoms with E-state index in [1.54, 1.807) is 29.2 Å². The van der Waals surface area contributed by atoms with Crippen molar-refractivity contribution in [3.63, 3.8) is 0 Å². The highest BCUT2D eigenvalue weighted by Gasteiger charge is 2.18. The van der Waals surface area contributed by atoms with Crippen LogP contribution in [-0.4, -0.2) is 23.4 Å². The first-order valence-electron chi connectivity index (χ1n) is 5.78. The Bertz CT molecular complexity index is 509. The SMILES string of the molecule is CC(C)N(CCC#N)C(=O)c1cccc(C#N)c1. The van der Waals surface area contributed by atoms with Gasteiger partial charge in [-0.3, -0.25) is 4.79 Å². The van der Waals surface area contributed by atoms with E-state index in [4.69, 9.17) is 10.5 Å². The fourth-order valence-electron chi connectivity index (χ4n) is 1.65. The summed E-state index contributed by atoms with van der Waals surface area (Å²) in [6.07, 6.45) is 0.307. The molecule has 0 atom stereocenters. The standard InChI is InChI=1S/C14H15N3O/c1-11(2)17(8-4-7-15)14(18)13-6-3-5-12(9-13)10-16/h3,5-6,9,11H,4,8H2,1-2H3. The third-order valence-corrected chi connectivity index (χ3v) is 2.59. The lowest BCUT2D eigenvalue weighted by Crippen LogP contribution is -2.37. The molecule has 1 aromatic carbocycles. The molecule has 0 aliphatic heterocycles. The molecule has 0 aromatic heterocycles. The molecule has 0 spiro atoms.